The van der Waals surface area contributed by atoms with Crippen molar-refractivity contribution in [2.45, 2.75) is 239 Å². The number of hydrogen-bond donors (Lipinski definition) is 1. The molecule has 0 amide bonds. The van der Waals surface area contributed by atoms with E-state index in [1.54, 1.807) is 27.7 Å². The van der Waals surface area contributed by atoms with Crippen molar-refractivity contribution in [1.82, 2.24) is 20.0 Å². The van der Waals surface area contributed by atoms with E-state index in [0.717, 1.165) is 88.7 Å². The van der Waals surface area contributed by atoms with Crippen molar-refractivity contribution < 1.29 is 105 Å². The van der Waals surface area contributed by atoms with Crippen LogP contribution in [-0.2, 0) is 127 Å². The topological polar surface area (TPSA) is 246 Å². The van der Waals surface area contributed by atoms with E-state index in [0.29, 0.717) is 52.6 Å². The molecule has 4 aromatic rings. The molecule has 0 unspecified atom stereocenters. The zero-order chi connectivity index (χ0) is 78.3. The third kappa shape index (κ3) is 32.3. The molecule has 0 saturated heterocycles. The molecule has 4 aliphatic heterocycles. The molecule has 0 bridgehead atoms. The number of fused-ring (bicyclic) bond motifs is 4. The van der Waals surface area contributed by atoms with Crippen LogP contribution in [-0.4, -0.2) is 150 Å². The second-order valence-corrected chi connectivity index (χ2v) is 34.3. The summed E-state index contributed by atoms with van der Waals surface area (Å²) in [6.45, 7) is 46.1. The predicted octanol–water partition coefficient (Wildman–Crippen LogP) is 18.3. The molecule has 0 spiro atoms. The molecule has 0 fully saturated rings. The number of nitrogens with zero attached hydrogens (tertiary/aromatic N) is 3. The molecule has 0 aliphatic carbocycles. The smallest absolute Gasteiger partial charge is 0.462 e. The SMILES string of the molecule is C.CC1(C)OCc2cccc(CCCCNCc3cccc4c3OC(C)(C)OC4)c2O1.CCC.CCN(CC)CC.CCOP(=O)(CN(CCN(Cc1cccc2c1OC(C)(C)OC2)CP(=O)(OCC)OCC)Cc1cccc2c1OC(C)(C)OC2)OCC.CCOP(=O)(COS(=O)(=O)C(F)(F)F)OCC. The van der Waals surface area contributed by atoms with Crippen molar-refractivity contribution in [2.24, 2.45) is 0 Å². The normalized spacial score (nSPS) is 16.1. The fraction of sp³-hybridized carbons (Fsp3) is 0.680. The van der Waals surface area contributed by atoms with E-state index in [9.17, 15) is 35.3 Å². The Labute approximate surface area is 631 Å². The highest BCUT2D eigenvalue weighted by molar-refractivity contribution is 7.87. The van der Waals surface area contributed by atoms with Gasteiger partial charge in [0.05, 0.1) is 66.1 Å². The molecule has 8 rings (SSSR count). The average molecular weight is 1590 g/mol. The molecule has 4 aliphatic rings. The third-order valence-corrected chi connectivity index (χ3v) is 23.0. The summed E-state index contributed by atoms with van der Waals surface area (Å²) in [7, 11) is -16.7. The Morgan fingerprint density at radius 2 is 0.755 bits per heavy atom. The Balaban J connectivity index is 0.000000425. The number of aryl methyl sites for hydroxylation is 1. The van der Waals surface area contributed by atoms with E-state index in [-0.39, 0.29) is 59.6 Å². The molecule has 0 atom stereocenters. The number of alkyl halides is 3. The van der Waals surface area contributed by atoms with Gasteiger partial charge in [0.25, 0.3) is 0 Å². The molecule has 0 aromatic heterocycles. The highest BCUT2D eigenvalue weighted by Gasteiger charge is 2.49. The lowest BCUT2D eigenvalue weighted by atomic mass is 10.0. The number of benzene rings is 4. The van der Waals surface area contributed by atoms with Gasteiger partial charge in [0.2, 0.25) is 23.1 Å². The van der Waals surface area contributed by atoms with Gasteiger partial charge in [0.1, 0.15) is 35.6 Å². The van der Waals surface area contributed by atoms with Gasteiger partial charge in [-0.1, -0.05) is 121 Å². The van der Waals surface area contributed by atoms with Gasteiger partial charge < -0.3 is 75.3 Å². The molecule has 4 heterocycles. The van der Waals surface area contributed by atoms with E-state index in [2.05, 4.69) is 94.5 Å². The minimum atomic E-state index is -5.80. The minimum absolute atomic E-state index is 0. The van der Waals surface area contributed by atoms with Gasteiger partial charge in [0, 0.05) is 127 Å². The first-order chi connectivity index (χ1) is 49.4. The second kappa shape index (κ2) is 45.4. The van der Waals surface area contributed by atoms with Crippen LogP contribution in [0.15, 0.2) is 72.8 Å². The molecule has 4 aromatic carbocycles. The van der Waals surface area contributed by atoms with E-state index in [1.165, 1.54) is 51.0 Å². The van der Waals surface area contributed by atoms with Crippen LogP contribution in [0.4, 0.5) is 13.2 Å². The van der Waals surface area contributed by atoms with Gasteiger partial charge in [-0.05, 0) is 92.5 Å². The largest absolute Gasteiger partial charge is 0.523 e. The summed E-state index contributed by atoms with van der Waals surface area (Å²) < 4.78 is 180. The van der Waals surface area contributed by atoms with Crippen molar-refractivity contribution >= 4 is 32.9 Å². The number of nitrogens with one attached hydrogen (secondary N) is 1. The van der Waals surface area contributed by atoms with E-state index in [1.807, 2.05) is 102 Å². The van der Waals surface area contributed by atoms with E-state index < -0.39 is 67.9 Å². The fourth-order valence-electron chi connectivity index (χ4n) is 11.1. The fourth-order valence-corrected chi connectivity index (χ4v) is 16.8. The maximum atomic E-state index is 13.9. The van der Waals surface area contributed by atoms with Crippen molar-refractivity contribution in [3.8, 4) is 23.0 Å². The molecule has 1 N–H and O–H groups in total. The second-order valence-electron chi connectivity index (χ2n) is 26.6. The Morgan fingerprint density at radius 3 is 1.07 bits per heavy atom. The zero-order valence-corrected chi connectivity index (χ0v) is 69.2. The molecule has 0 radical (unpaired) electrons. The molecule has 24 nitrogen and oxygen atoms in total. The monoisotopic (exact) mass is 1580 g/mol. The zero-order valence-electron chi connectivity index (χ0n) is 65.7. The number of ether oxygens (including phenoxy) is 8. The summed E-state index contributed by atoms with van der Waals surface area (Å²) in [4.78, 5) is 6.46. The number of hydrogen-bond acceptors (Lipinski definition) is 24. The summed E-state index contributed by atoms with van der Waals surface area (Å²) >= 11 is 0. The van der Waals surface area contributed by atoms with Gasteiger partial charge in [0.15, 0.2) is 6.35 Å². The Bertz CT molecular complexity index is 3300. The summed E-state index contributed by atoms with van der Waals surface area (Å²) in [6.07, 6.45) is 3.27. The third-order valence-electron chi connectivity index (χ3n) is 16.0. The van der Waals surface area contributed by atoms with Gasteiger partial charge in [-0.15, -0.1) is 0 Å². The Kier molecular flexibility index (Phi) is 41.2. The van der Waals surface area contributed by atoms with E-state index in [4.69, 9.17) is 56.0 Å². The summed E-state index contributed by atoms with van der Waals surface area (Å²) in [6, 6.07) is 24.6. The first-order valence-corrected chi connectivity index (χ1v) is 43.2. The highest BCUT2D eigenvalue weighted by atomic mass is 32.2. The number of halogens is 3. The lowest BCUT2D eigenvalue weighted by Gasteiger charge is -2.36. The molecule has 608 valence electrons. The van der Waals surface area contributed by atoms with Crippen LogP contribution in [0.2, 0.25) is 0 Å². The van der Waals surface area contributed by atoms with Crippen LogP contribution in [0.1, 0.15) is 203 Å². The molecule has 31 heteroatoms. The van der Waals surface area contributed by atoms with Crippen LogP contribution in [0, 0.1) is 0 Å². The van der Waals surface area contributed by atoms with Crippen LogP contribution < -0.4 is 24.3 Å². The van der Waals surface area contributed by atoms with Gasteiger partial charge in [-0.3, -0.25) is 27.7 Å². The molecule has 0 saturated carbocycles. The summed E-state index contributed by atoms with van der Waals surface area (Å²) in [5.74, 6) is 0.806. The van der Waals surface area contributed by atoms with Crippen molar-refractivity contribution in [3.05, 3.63) is 117 Å². The maximum absolute atomic E-state index is 13.9. The summed E-state index contributed by atoms with van der Waals surface area (Å²) in [5.41, 5.74) is 2.90. The van der Waals surface area contributed by atoms with Crippen LogP contribution >= 0.6 is 22.8 Å². The number of para-hydroxylation sites is 4. The van der Waals surface area contributed by atoms with Crippen LogP contribution in [0.25, 0.3) is 0 Å². The maximum Gasteiger partial charge on any atom is 0.523 e. The van der Waals surface area contributed by atoms with Gasteiger partial charge in [-0.25, -0.2) is 0 Å². The lowest BCUT2D eigenvalue weighted by Crippen LogP contribution is -2.39. The molecule has 106 heavy (non-hydrogen) atoms. The van der Waals surface area contributed by atoms with E-state index >= 15 is 0 Å². The quantitative estimate of drug-likeness (QED) is 0.0192. The summed E-state index contributed by atoms with van der Waals surface area (Å²) in [5, 5.41) is 3.57. The minimum Gasteiger partial charge on any atom is -0.462 e. The molecular formula is C75H126F3N4O20P3S. The van der Waals surface area contributed by atoms with Crippen molar-refractivity contribution in [2.75, 3.05) is 97.8 Å². The first kappa shape index (κ1) is 96.1. The van der Waals surface area contributed by atoms with Crippen molar-refractivity contribution in [3.63, 3.8) is 0 Å². The predicted molar refractivity (Wildman–Crippen MR) is 409 cm³/mol. The highest BCUT2D eigenvalue weighted by Crippen LogP contribution is 2.52. The van der Waals surface area contributed by atoms with Crippen molar-refractivity contribution in [1.29, 1.82) is 0 Å². The number of rotatable bonds is 36. The molecular weight excluding hydrogens is 1460 g/mol. The first-order valence-electron chi connectivity index (χ1n) is 36.6. The standard InChI is InChI=1S/C34H54N2O10P2.C25H33NO4.C6H12F3O6PS.C6H15N.C3H8.CH4/c1-9-41-47(37,42-10-2)25-35(21-27-15-13-17-29-23-39-33(5,6)45-31(27)29)19-20-36(26-48(38,43-11-3)44-12-4)22-28-16-14-18-30-24-40-34(7,8)46-32(28)30;1-24(2)27-16-20-12-7-10-18(22(20)29-24)9-5-6-14-26-15-19-11-8-13-21-17-28-25(3,4)30-23(19)21;1-3-13-16(10,14-4-2)5-15-17(11,12)6(7,8)9;1-4-7(5-2)6-3;1-3-2;/h13-18H,9-12,19-26H2,1-8H3;7-8,10-13,26H,5-6,9,14-17H2,1-4H3;3-5H2,1-2H3;4-6H2,1-3H3;3H2,1-2H3;1H4. The lowest BCUT2D eigenvalue weighted by molar-refractivity contribution is -0.181. The Hall–Kier alpha value is -4.09. The van der Waals surface area contributed by atoms with Gasteiger partial charge >= 0.3 is 38.4 Å². The average Bonchev–Trinajstić information content (AvgIpc) is 0.812. The Morgan fingerprint density at radius 1 is 0.453 bits per heavy atom. The van der Waals surface area contributed by atoms with Crippen LogP contribution in [0.3, 0.4) is 0 Å². The number of unbranched alkanes of at least 4 members (excludes halogenated alkanes) is 1. The van der Waals surface area contributed by atoms with Gasteiger partial charge in [-0.2, -0.15) is 21.6 Å². The van der Waals surface area contributed by atoms with Crippen LogP contribution in [0.5, 0.6) is 23.0 Å².